The Morgan fingerprint density at radius 2 is 1.49 bits per heavy atom. The summed E-state index contributed by atoms with van der Waals surface area (Å²) in [5.41, 5.74) is 12.7. The molecular formula is C23H29N11O. The van der Waals surface area contributed by atoms with E-state index in [9.17, 15) is 4.79 Å². The number of nitrogens with two attached hydrogens (primary N) is 2. The number of hydrogen-bond donors (Lipinski definition) is 6. The summed E-state index contributed by atoms with van der Waals surface area (Å²) in [6, 6.07) is 19.1. The van der Waals surface area contributed by atoms with Crippen molar-refractivity contribution >= 4 is 41.2 Å². The summed E-state index contributed by atoms with van der Waals surface area (Å²) >= 11 is 0. The highest BCUT2D eigenvalue weighted by atomic mass is 16.2. The molecule has 4 aromatic rings. The Labute approximate surface area is 202 Å². The minimum Gasteiger partial charge on any atom is -0.366 e. The van der Waals surface area contributed by atoms with E-state index in [1.165, 1.54) is 11.1 Å². The van der Waals surface area contributed by atoms with Gasteiger partial charge in [-0.3, -0.25) is 0 Å². The van der Waals surface area contributed by atoms with Gasteiger partial charge in [-0.15, -0.1) is 14.9 Å². The number of amides is 1. The van der Waals surface area contributed by atoms with Crippen LogP contribution in [0.25, 0.3) is 0 Å². The first-order valence-electron chi connectivity index (χ1n) is 11.4. The zero-order valence-electron chi connectivity index (χ0n) is 19.2. The number of nitrogen functional groups attached to an aromatic ring is 2. The third kappa shape index (κ3) is 6.93. The van der Waals surface area contributed by atoms with Crippen LogP contribution in [0.2, 0.25) is 0 Å². The Hall–Kier alpha value is -4.61. The lowest BCUT2D eigenvalue weighted by Gasteiger charge is -2.22. The van der Waals surface area contributed by atoms with Gasteiger partial charge in [0.25, 0.3) is 0 Å². The topological polar surface area (TPSA) is 177 Å². The van der Waals surface area contributed by atoms with E-state index in [0.717, 1.165) is 37.1 Å². The molecule has 0 atom stereocenters. The first kappa shape index (κ1) is 23.5. The van der Waals surface area contributed by atoms with Crippen molar-refractivity contribution in [3.05, 3.63) is 60.7 Å². The maximum absolute atomic E-state index is 12.4. The fourth-order valence-electron chi connectivity index (χ4n) is 3.67. The van der Waals surface area contributed by atoms with E-state index in [1.54, 1.807) is 0 Å². The molecule has 12 heteroatoms. The number of rotatable bonds is 5. The molecule has 1 aliphatic rings. The van der Waals surface area contributed by atoms with E-state index in [4.69, 9.17) is 11.5 Å². The number of benzene rings is 2. The smallest absolute Gasteiger partial charge is 0.345 e. The molecule has 0 aliphatic heterocycles. The number of nitrogens with zero attached hydrogens (tertiary/aromatic N) is 5. The van der Waals surface area contributed by atoms with Crippen molar-refractivity contribution in [3.63, 3.8) is 0 Å². The van der Waals surface area contributed by atoms with Gasteiger partial charge in [-0.25, -0.2) is 9.89 Å². The van der Waals surface area contributed by atoms with Gasteiger partial charge in [-0.2, -0.15) is 9.97 Å². The molecule has 8 N–H and O–H groups in total. The van der Waals surface area contributed by atoms with E-state index >= 15 is 0 Å². The number of H-pyrrole nitrogens is 1. The number of carbonyl (C=O) groups excluding carboxylic acids is 1. The zero-order chi connectivity index (χ0) is 24.5. The molecule has 0 spiro atoms. The Bertz CT molecular complexity index is 1200. The van der Waals surface area contributed by atoms with Gasteiger partial charge in [0, 0.05) is 17.4 Å². The van der Waals surface area contributed by atoms with E-state index in [2.05, 4.69) is 41.2 Å². The lowest BCUT2D eigenvalue weighted by Crippen LogP contribution is -2.39. The molecule has 35 heavy (non-hydrogen) atoms. The highest BCUT2D eigenvalue weighted by molar-refractivity contribution is 5.80. The van der Waals surface area contributed by atoms with Crippen LogP contribution in [-0.4, -0.2) is 42.0 Å². The molecule has 1 aliphatic carbocycles. The molecule has 1 amide bonds. The standard InChI is InChI=1S/C15H20N6O.C8H9N5/c16-13-19-14(17-11-7-3-1-4-8-11)21(20-13)15(22)18-12-9-5-2-6-10-12;9-7-11-8(13-12-7)10-6-4-2-1-3-5-6/h1,3-4,7-8,12H,2,5-6,9-10H2,(H,18,22)(H3,16,17,19,20);1-5H,(H4,9,10,11,12,13). The summed E-state index contributed by atoms with van der Waals surface area (Å²) in [7, 11) is 0. The monoisotopic (exact) mass is 475 g/mol. The molecule has 0 unspecified atom stereocenters. The van der Waals surface area contributed by atoms with E-state index in [-0.39, 0.29) is 24.0 Å². The number of hydrogen-bond acceptors (Lipinski definition) is 9. The molecule has 182 valence electrons. The molecule has 1 saturated carbocycles. The maximum Gasteiger partial charge on any atom is 0.345 e. The molecule has 1 fully saturated rings. The molecule has 0 radical (unpaired) electrons. The SMILES string of the molecule is Nc1n[nH]c(Nc2ccccc2)n1.Nc1nc(Nc2ccccc2)n(C(=O)NC2CCCCC2)n1. The van der Waals surface area contributed by atoms with Crippen molar-refractivity contribution in [2.45, 2.75) is 38.1 Å². The molecule has 2 heterocycles. The molecule has 2 aromatic carbocycles. The summed E-state index contributed by atoms with van der Waals surface area (Å²) in [6.45, 7) is 0. The second-order valence-corrected chi connectivity index (χ2v) is 8.01. The van der Waals surface area contributed by atoms with E-state index < -0.39 is 0 Å². The molecule has 5 rings (SSSR count). The summed E-state index contributed by atoms with van der Waals surface area (Å²) in [5.74, 6) is 1.16. The third-order valence-corrected chi connectivity index (χ3v) is 5.32. The van der Waals surface area contributed by atoms with Gasteiger partial charge in [0.2, 0.25) is 23.8 Å². The van der Waals surface area contributed by atoms with Crippen LogP contribution in [0.5, 0.6) is 0 Å². The van der Waals surface area contributed by atoms with Gasteiger partial charge < -0.3 is 27.4 Å². The predicted octanol–water partition coefficient (Wildman–Crippen LogP) is 3.62. The Kier molecular flexibility index (Phi) is 7.73. The van der Waals surface area contributed by atoms with E-state index in [0.29, 0.717) is 11.9 Å². The van der Waals surface area contributed by atoms with Gasteiger partial charge in [-0.1, -0.05) is 55.7 Å². The molecular weight excluding hydrogens is 446 g/mol. The van der Waals surface area contributed by atoms with Gasteiger partial charge in [0.05, 0.1) is 0 Å². The van der Waals surface area contributed by atoms with Crippen molar-refractivity contribution in [2.75, 3.05) is 22.1 Å². The minimum absolute atomic E-state index is 0.0669. The first-order valence-corrected chi connectivity index (χ1v) is 11.4. The lowest BCUT2D eigenvalue weighted by atomic mass is 9.96. The largest absolute Gasteiger partial charge is 0.366 e. The number of aromatic amines is 1. The van der Waals surface area contributed by atoms with Crippen molar-refractivity contribution < 1.29 is 4.79 Å². The molecule has 12 nitrogen and oxygen atoms in total. The lowest BCUT2D eigenvalue weighted by molar-refractivity contribution is 0.232. The van der Waals surface area contributed by atoms with Crippen LogP contribution in [0.4, 0.5) is 40.0 Å². The minimum atomic E-state index is -0.297. The Morgan fingerprint density at radius 3 is 2.09 bits per heavy atom. The van der Waals surface area contributed by atoms with Crippen LogP contribution in [0, 0.1) is 0 Å². The second kappa shape index (κ2) is 11.5. The van der Waals surface area contributed by atoms with Crippen molar-refractivity contribution in [2.24, 2.45) is 0 Å². The van der Waals surface area contributed by atoms with Crippen molar-refractivity contribution in [1.82, 2.24) is 35.3 Å². The van der Waals surface area contributed by atoms with E-state index in [1.807, 2.05) is 60.7 Å². The number of carbonyl (C=O) groups is 1. The molecule has 0 saturated heterocycles. The Morgan fingerprint density at radius 1 is 0.857 bits per heavy atom. The van der Waals surface area contributed by atoms with Crippen LogP contribution < -0.4 is 27.4 Å². The van der Waals surface area contributed by atoms with Crippen molar-refractivity contribution in [3.8, 4) is 0 Å². The third-order valence-electron chi connectivity index (χ3n) is 5.32. The van der Waals surface area contributed by atoms with Gasteiger partial charge in [-0.05, 0) is 37.1 Å². The summed E-state index contributed by atoms with van der Waals surface area (Å²) in [5, 5.41) is 19.4. The summed E-state index contributed by atoms with van der Waals surface area (Å²) in [4.78, 5) is 20.4. The molecule has 0 bridgehead atoms. The quantitative estimate of drug-likeness (QED) is 0.251. The average Bonchev–Trinajstić information content (AvgIpc) is 3.46. The maximum atomic E-state index is 12.4. The first-order chi connectivity index (χ1) is 17.1. The number of aromatic nitrogens is 6. The molecule has 2 aromatic heterocycles. The summed E-state index contributed by atoms with van der Waals surface area (Å²) < 4.78 is 1.19. The van der Waals surface area contributed by atoms with Gasteiger partial charge in [0.1, 0.15) is 0 Å². The number of anilines is 6. The zero-order valence-corrected chi connectivity index (χ0v) is 19.2. The van der Waals surface area contributed by atoms with Crippen LogP contribution in [0.15, 0.2) is 60.7 Å². The van der Waals surface area contributed by atoms with Crippen LogP contribution in [0.1, 0.15) is 32.1 Å². The van der Waals surface area contributed by atoms with Crippen LogP contribution >= 0.6 is 0 Å². The van der Waals surface area contributed by atoms with Gasteiger partial charge in [0.15, 0.2) is 0 Å². The predicted molar refractivity (Wildman–Crippen MR) is 135 cm³/mol. The summed E-state index contributed by atoms with van der Waals surface area (Å²) in [6.07, 6.45) is 5.57. The number of nitrogens with one attached hydrogen (secondary N) is 4. The normalized spacial score (nSPS) is 13.4. The van der Waals surface area contributed by atoms with Gasteiger partial charge >= 0.3 is 6.03 Å². The number of para-hydroxylation sites is 2. The fourth-order valence-corrected chi connectivity index (χ4v) is 3.67. The average molecular weight is 476 g/mol. The Balaban J connectivity index is 0.000000189. The highest BCUT2D eigenvalue weighted by Crippen LogP contribution is 2.19. The second-order valence-electron chi connectivity index (χ2n) is 8.01. The van der Waals surface area contributed by atoms with Crippen molar-refractivity contribution in [1.29, 1.82) is 0 Å². The fraction of sp³-hybridized carbons (Fsp3) is 0.261. The highest BCUT2D eigenvalue weighted by Gasteiger charge is 2.20. The van der Waals surface area contributed by atoms with Crippen LogP contribution in [0.3, 0.4) is 0 Å². The van der Waals surface area contributed by atoms with Crippen LogP contribution in [-0.2, 0) is 0 Å².